The molecule has 0 aromatic heterocycles. The van der Waals surface area contributed by atoms with Crippen molar-refractivity contribution in [2.75, 3.05) is 19.8 Å². The fourth-order valence-electron chi connectivity index (χ4n) is 1.76. The van der Waals surface area contributed by atoms with Crippen molar-refractivity contribution in [1.29, 1.82) is 0 Å². The number of halogens is 3. The lowest BCUT2D eigenvalue weighted by molar-refractivity contribution is -0.137. The fraction of sp³-hybridized carbons (Fsp3) is 0.455. The van der Waals surface area contributed by atoms with E-state index in [-0.39, 0.29) is 5.41 Å². The molecule has 0 unspecified atom stereocenters. The highest BCUT2D eigenvalue weighted by molar-refractivity contribution is 5.32. The first-order valence-corrected chi connectivity index (χ1v) is 4.93. The van der Waals surface area contributed by atoms with Gasteiger partial charge < -0.3 is 10.5 Å². The number of benzene rings is 1. The second-order valence-electron chi connectivity index (χ2n) is 4.05. The van der Waals surface area contributed by atoms with Gasteiger partial charge in [0.15, 0.2) is 0 Å². The Kier molecular flexibility index (Phi) is 2.67. The van der Waals surface area contributed by atoms with Crippen molar-refractivity contribution in [3.8, 4) is 0 Å². The molecule has 88 valence electrons. The summed E-state index contributed by atoms with van der Waals surface area (Å²) in [6.07, 6.45) is -4.29. The van der Waals surface area contributed by atoms with Gasteiger partial charge in [-0.2, -0.15) is 13.2 Å². The molecule has 1 heterocycles. The van der Waals surface area contributed by atoms with E-state index in [1.54, 1.807) is 0 Å². The zero-order valence-corrected chi connectivity index (χ0v) is 8.55. The van der Waals surface area contributed by atoms with Crippen molar-refractivity contribution in [2.45, 2.75) is 11.6 Å². The Hall–Kier alpha value is -1.07. The highest BCUT2D eigenvalue weighted by atomic mass is 19.4. The van der Waals surface area contributed by atoms with Crippen LogP contribution in [0.15, 0.2) is 24.3 Å². The third-order valence-electron chi connectivity index (χ3n) is 2.97. The summed E-state index contributed by atoms with van der Waals surface area (Å²) in [7, 11) is 0. The Morgan fingerprint density at radius 2 is 1.75 bits per heavy atom. The standard InChI is InChI=1S/C11H12F3NO/c12-11(13,14)9-3-1-8(2-4-9)10(5-15)6-16-7-10/h1-4H,5-7,15H2. The van der Waals surface area contributed by atoms with Crippen molar-refractivity contribution in [1.82, 2.24) is 0 Å². The van der Waals surface area contributed by atoms with Gasteiger partial charge in [0.1, 0.15) is 0 Å². The van der Waals surface area contributed by atoms with Crippen molar-refractivity contribution in [3.05, 3.63) is 35.4 Å². The lowest BCUT2D eigenvalue weighted by Crippen LogP contribution is -2.52. The number of alkyl halides is 3. The Labute approximate surface area is 91.2 Å². The molecule has 16 heavy (non-hydrogen) atoms. The molecule has 0 bridgehead atoms. The van der Waals surface area contributed by atoms with E-state index in [1.807, 2.05) is 0 Å². The number of rotatable bonds is 2. The van der Waals surface area contributed by atoms with E-state index in [1.165, 1.54) is 12.1 Å². The molecule has 0 saturated carbocycles. The Morgan fingerprint density at radius 1 is 1.19 bits per heavy atom. The van der Waals surface area contributed by atoms with Gasteiger partial charge in [-0.25, -0.2) is 0 Å². The Bertz CT molecular complexity index is 362. The summed E-state index contributed by atoms with van der Waals surface area (Å²) >= 11 is 0. The molecule has 2 rings (SSSR count). The maximum Gasteiger partial charge on any atom is 0.416 e. The summed E-state index contributed by atoms with van der Waals surface area (Å²) in [5, 5.41) is 0. The van der Waals surface area contributed by atoms with Gasteiger partial charge in [0.2, 0.25) is 0 Å². The summed E-state index contributed by atoms with van der Waals surface area (Å²) in [6.45, 7) is 1.35. The molecule has 2 N–H and O–H groups in total. The molecule has 1 aliphatic heterocycles. The largest absolute Gasteiger partial charge is 0.416 e. The second kappa shape index (κ2) is 3.75. The minimum Gasteiger partial charge on any atom is -0.379 e. The van der Waals surface area contributed by atoms with Crippen molar-refractivity contribution < 1.29 is 17.9 Å². The van der Waals surface area contributed by atoms with E-state index < -0.39 is 11.7 Å². The monoisotopic (exact) mass is 231 g/mol. The molecule has 5 heteroatoms. The van der Waals surface area contributed by atoms with E-state index >= 15 is 0 Å². The number of ether oxygens (including phenoxy) is 1. The van der Waals surface area contributed by atoms with E-state index in [0.29, 0.717) is 19.8 Å². The van der Waals surface area contributed by atoms with Crippen LogP contribution in [0, 0.1) is 0 Å². The van der Waals surface area contributed by atoms with Gasteiger partial charge in [0.05, 0.1) is 24.2 Å². The molecule has 2 nitrogen and oxygen atoms in total. The van der Waals surface area contributed by atoms with E-state index in [0.717, 1.165) is 17.7 Å². The average Bonchev–Trinajstić information content (AvgIpc) is 2.16. The molecule has 1 saturated heterocycles. The molecule has 0 radical (unpaired) electrons. The Morgan fingerprint density at radius 3 is 2.06 bits per heavy atom. The highest BCUT2D eigenvalue weighted by Crippen LogP contribution is 2.34. The summed E-state index contributed by atoms with van der Waals surface area (Å²) in [5.74, 6) is 0. The van der Waals surface area contributed by atoms with Gasteiger partial charge in [-0.3, -0.25) is 0 Å². The van der Waals surface area contributed by atoms with Crippen LogP contribution in [-0.2, 0) is 16.3 Å². The first kappa shape index (κ1) is 11.4. The zero-order chi connectivity index (χ0) is 11.8. The molecule has 1 aliphatic rings. The van der Waals surface area contributed by atoms with Gasteiger partial charge in [-0.15, -0.1) is 0 Å². The molecule has 1 aromatic carbocycles. The zero-order valence-electron chi connectivity index (χ0n) is 8.55. The first-order chi connectivity index (χ1) is 7.48. The maximum atomic E-state index is 12.3. The predicted octanol–water partition coefficient (Wildman–Crippen LogP) is 1.93. The molecular formula is C11H12F3NO. The normalized spacial score (nSPS) is 19.2. The molecule has 1 fully saturated rings. The van der Waals surface area contributed by atoms with Crippen LogP contribution in [0.3, 0.4) is 0 Å². The van der Waals surface area contributed by atoms with Crippen LogP contribution in [0.5, 0.6) is 0 Å². The molecule has 0 spiro atoms. The number of hydrogen-bond donors (Lipinski definition) is 1. The third kappa shape index (κ3) is 1.81. The van der Waals surface area contributed by atoms with E-state index in [9.17, 15) is 13.2 Å². The van der Waals surface area contributed by atoms with Crippen LogP contribution in [0.4, 0.5) is 13.2 Å². The number of hydrogen-bond acceptors (Lipinski definition) is 2. The fourth-order valence-corrected chi connectivity index (χ4v) is 1.76. The molecule has 0 atom stereocenters. The molecule has 0 aliphatic carbocycles. The lowest BCUT2D eigenvalue weighted by Gasteiger charge is -2.41. The summed E-state index contributed by atoms with van der Waals surface area (Å²) in [6, 6.07) is 5.15. The molecule has 1 aromatic rings. The molecular weight excluding hydrogens is 219 g/mol. The van der Waals surface area contributed by atoms with Crippen LogP contribution in [0.1, 0.15) is 11.1 Å². The maximum absolute atomic E-state index is 12.3. The van der Waals surface area contributed by atoms with Crippen molar-refractivity contribution in [3.63, 3.8) is 0 Å². The smallest absolute Gasteiger partial charge is 0.379 e. The SMILES string of the molecule is NCC1(c2ccc(C(F)(F)F)cc2)COC1. The molecule has 0 amide bonds. The number of nitrogens with two attached hydrogens (primary N) is 1. The predicted molar refractivity (Wildman–Crippen MR) is 53.0 cm³/mol. The minimum atomic E-state index is -4.29. The second-order valence-corrected chi connectivity index (χ2v) is 4.05. The third-order valence-corrected chi connectivity index (χ3v) is 2.97. The van der Waals surface area contributed by atoms with Crippen LogP contribution in [-0.4, -0.2) is 19.8 Å². The quantitative estimate of drug-likeness (QED) is 0.844. The van der Waals surface area contributed by atoms with E-state index in [2.05, 4.69) is 0 Å². The van der Waals surface area contributed by atoms with Crippen LogP contribution in [0.2, 0.25) is 0 Å². The highest BCUT2D eigenvalue weighted by Gasteiger charge is 2.39. The topological polar surface area (TPSA) is 35.2 Å². The van der Waals surface area contributed by atoms with Crippen molar-refractivity contribution in [2.24, 2.45) is 5.73 Å². The van der Waals surface area contributed by atoms with Crippen LogP contribution < -0.4 is 5.73 Å². The average molecular weight is 231 g/mol. The lowest BCUT2D eigenvalue weighted by atomic mass is 9.78. The van der Waals surface area contributed by atoms with Gasteiger partial charge in [0, 0.05) is 6.54 Å². The minimum absolute atomic E-state index is 0.288. The summed E-state index contributed by atoms with van der Waals surface area (Å²) in [5.41, 5.74) is 5.51. The van der Waals surface area contributed by atoms with Gasteiger partial charge in [0.25, 0.3) is 0 Å². The Balaban J connectivity index is 2.26. The van der Waals surface area contributed by atoms with Crippen LogP contribution >= 0.6 is 0 Å². The van der Waals surface area contributed by atoms with Crippen LogP contribution in [0.25, 0.3) is 0 Å². The van der Waals surface area contributed by atoms with Gasteiger partial charge in [-0.05, 0) is 17.7 Å². The summed E-state index contributed by atoms with van der Waals surface area (Å²) < 4.78 is 42.1. The van der Waals surface area contributed by atoms with Crippen molar-refractivity contribution >= 4 is 0 Å². The van der Waals surface area contributed by atoms with Gasteiger partial charge >= 0.3 is 6.18 Å². The van der Waals surface area contributed by atoms with E-state index in [4.69, 9.17) is 10.5 Å². The van der Waals surface area contributed by atoms with Gasteiger partial charge in [-0.1, -0.05) is 12.1 Å². The first-order valence-electron chi connectivity index (χ1n) is 4.93. The summed E-state index contributed by atoms with van der Waals surface area (Å²) in [4.78, 5) is 0.